The van der Waals surface area contributed by atoms with Crippen molar-refractivity contribution < 1.29 is 9.53 Å². The molecule has 1 aromatic carbocycles. The Bertz CT molecular complexity index is 643. The fourth-order valence-electron chi connectivity index (χ4n) is 2.23. The average Bonchev–Trinajstić information content (AvgIpc) is 2.90. The zero-order chi connectivity index (χ0) is 13.9. The Hall–Kier alpha value is -2.56. The van der Waals surface area contributed by atoms with Gasteiger partial charge in [0.25, 0.3) is 5.91 Å². The van der Waals surface area contributed by atoms with E-state index in [0.29, 0.717) is 18.0 Å². The van der Waals surface area contributed by atoms with Crippen molar-refractivity contribution in [1.29, 1.82) is 0 Å². The van der Waals surface area contributed by atoms with E-state index >= 15 is 0 Å². The van der Waals surface area contributed by atoms with Gasteiger partial charge < -0.3 is 15.4 Å². The molecular formula is C15H15N3O2. The monoisotopic (exact) mass is 269 g/mol. The lowest BCUT2D eigenvalue weighted by Crippen LogP contribution is -2.29. The average molecular weight is 269 g/mol. The zero-order valence-corrected chi connectivity index (χ0v) is 11.1. The van der Waals surface area contributed by atoms with Gasteiger partial charge in [0.1, 0.15) is 18.2 Å². The third-order valence-electron chi connectivity index (χ3n) is 3.28. The van der Waals surface area contributed by atoms with Gasteiger partial charge >= 0.3 is 0 Å². The standard InChI is InChI=1S/C15H15N3O2/c1-16-14-8-10(6-7-17-14)15(19)18-12-9-20-13-5-3-2-4-11(12)13/h2-8,12H,9H2,1H3,(H,16,17)(H,18,19). The van der Waals surface area contributed by atoms with Crippen LogP contribution in [0.5, 0.6) is 5.75 Å². The second-order valence-electron chi connectivity index (χ2n) is 4.55. The highest BCUT2D eigenvalue weighted by Gasteiger charge is 2.25. The summed E-state index contributed by atoms with van der Waals surface area (Å²) in [5.74, 6) is 1.37. The number of carbonyl (C=O) groups excluding carboxylic acids is 1. The molecule has 1 amide bonds. The molecule has 1 aliphatic rings. The van der Waals surface area contributed by atoms with Crippen LogP contribution in [0.25, 0.3) is 0 Å². The molecule has 5 heteroatoms. The summed E-state index contributed by atoms with van der Waals surface area (Å²) in [6.45, 7) is 0.467. The number of hydrogen-bond donors (Lipinski definition) is 2. The van der Waals surface area contributed by atoms with E-state index < -0.39 is 0 Å². The van der Waals surface area contributed by atoms with Gasteiger partial charge in [-0.05, 0) is 18.2 Å². The number of hydrogen-bond acceptors (Lipinski definition) is 4. The maximum atomic E-state index is 12.3. The molecule has 1 atom stereocenters. The highest BCUT2D eigenvalue weighted by Crippen LogP contribution is 2.31. The highest BCUT2D eigenvalue weighted by atomic mass is 16.5. The van der Waals surface area contributed by atoms with Crippen LogP contribution in [0.2, 0.25) is 0 Å². The van der Waals surface area contributed by atoms with Crippen molar-refractivity contribution in [2.24, 2.45) is 0 Å². The first kappa shape index (κ1) is 12.5. The van der Waals surface area contributed by atoms with E-state index in [9.17, 15) is 4.79 Å². The van der Waals surface area contributed by atoms with E-state index in [0.717, 1.165) is 11.3 Å². The number of nitrogens with one attached hydrogen (secondary N) is 2. The fourth-order valence-corrected chi connectivity index (χ4v) is 2.23. The minimum absolute atomic E-state index is 0.107. The minimum atomic E-state index is -0.130. The fraction of sp³-hybridized carbons (Fsp3) is 0.200. The number of benzene rings is 1. The third kappa shape index (κ3) is 2.30. The van der Waals surface area contributed by atoms with Gasteiger partial charge in [0.05, 0.1) is 6.04 Å². The number of aromatic nitrogens is 1. The molecule has 2 heterocycles. The van der Waals surface area contributed by atoms with E-state index in [1.807, 2.05) is 24.3 Å². The van der Waals surface area contributed by atoms with Crippen molar-refractivity contribution in [2.75, 3.05) is 19.0 Å². The molecule has 0 aliphatic carbocycles. The Kier molecular flexibility index (Phi) is 3.25. The largest absolute Gasteiger partial charge is 0.491 e. The molecular weight excluding hydrogens is 254 g/mol. The van der Waals surface area contributed by atoms with Gasteiger partial charge in [-0.15, -0.1) is 0 Å². The number of para-hydroxylation sites is 1. The quantitative estimate of drug-likeness (QED) is 0.894. The van der Waals surface area contributed by atoms with Crippen molar-refractivity contribution in [3.05, 3.63) is 53.7 Å². The molecule has 0 bridgehead atoms. The van der Waals surface area contributed by atoms with Crippen LogP contribution in [-0.4, -0.2) is 24.5 Å². The van der Waals surface area contributed by atoms with Crippen LogP contribution in [0.4, 0.5) is 5.82 Å². The minimum Gasteiger partial charge on any atom is -0.491 e. The Morgan fingerprint density at radius 3 is 3.05 bits per heavy atom. The van der Waals surface area contributed by atoms with Crippen molar-refractivity contribution in [3.63, 3.8) is 0 Å². The molecule has 0 spiro atoms. The predicted molar refractivity (Wildman–Crippen MR) is 75.9 cm³/mol. The highest BCUT2D eigenvalue weighted by molar-refractivity contribution is 5.95. The van der Waals surface area contributed by atoms with Crippen LogP contribution in [0, 0.1) is 0 Å². The smallest absolute Gasteiger partial charge is 0.252 e. The van der Waals surface area contributed by atoms with Crippen LogP contribution < -0.4 is 15.4 Å². The molecule has 2 aromatic rings. The number of ether oxygens (including phenoxy) is 1. The lowest BCUT2D eigenvalue weighted by atomic mass is 10.1. The predicted octanol–water partition coefficient (Wildman–Crippen LogP) is 1.99. The molecule has 1 aliphatic heterocycles. The summed E-state index contributed by atoms with van der Waals surface area (Å²) >= 11 is 0. The van der Waals surface area contributed by atoms with Crippen LogP contribution in [0.3, 0.4) is 0 Å². The van der Waals surface area contributed by atoms with Crippen molar-refractivity contribution in [3.8, 4) is 5.75 Å². The first-order valence-corrected chi connectivity index (χ1v) is 6.44. The normalized spacial score (nSPS) is 16.1. The van der Waals surface area contributed by atoms with Crippen LogP contribution in [-0.2, 0) is 0 Å². The van der Waals surface area contributed by atoms with Gasteiger partial charge in [-0.1, -0.05) is 18.2 Å². The molecule has 2 N–H and O–H groups in total. The number of fused-ring (bicyclic) bond motifs is 1. The second kappa shape index (κ2) is 5.21. The number of nitrogens with zero attached hydrogens (tertiary/aromatic N) is 1. The van der Waals surface area contributed by atoms with E-state index in [2.05, 4.69) is 15.6 Å². The number of pyridine rings is 1. The lowest BCUT2D eigenvalue weighted by Gasteiger charge is -2.12. The SMILES string of the molecule is CNc1cc(C(=O)NC2COc3ccccc32)ccn1. The van der Waals surface area contributed by atoms with Gasteiger partial charge in [-0.25, -0.2) is 4.98 Å². The van der Waals surface area contributed by atoms with Crippen molar-refractivity contribution in [2.45, 2.75) is 6.04 Å². The number of rotatable bonds is 3. The molecule has 5 nitrogen and oxygen atoms in total. The molecule has 3 rings (SSSR count). The molecule has 0 radical (unpaired) electrons. The molecule has 20 heavy (non-hydrogen) atoms. The summed E-state index contributed by atoms with van der Waals surface area (Å²) in [5, 5.41) is 5.90. The summed E-state index contributed by atoms with van der Waals surface area (Å²) in [4.78, 5) is 16.3. The van der Waals surface area contributed by atoms with E-state index in [4.69, 9.17) is 4.74 Å². The van der Waals surface area contributed by atoms with Gasteiger partial charge in [-0.3, -0.25) is 4.79 Å². The molecule has 102 valence electrons. The third-order valence-corrected chi connectivity index (χ3v) is 3.28. The first-order valence-electron chi connectivity index (χ1n) is 6.44. The van der Waals surface area contributed by atoms with Crippen LogP contribution in [0.1, 0.15) is 22.0 Å². The molecule has 0 saturated heterocycles. The Labute approximate surface area is 117 Å². The van der Waals surface area contributed by atoms with E-state index in [1.54, 1.807) is 25.4 Å². The molecule has 0 saturated carbocycles. The lowest BCUT2D eigenvalue weighted by molar-refractivity contribution is 0.0930. The first-order chi connectivity index (χ1) is 9.78. The summed E-state index contributed by atoms with van der Waals surface area (Å²) in [5.41, 5.74) is 1.59. The summed E-state index contributed by atoms with van der Waals surface area (Å²) in [7, 11) is 1.77. The van der Waals surface area contributed by atoms with Crippen molar-refractivity contribution in [1.82, 2.24) is 10.3 Å². The Morgan fingerprint density at radius 1 is 1.35 bits per heavy atom. The van der Waals surface area contributed by atoms with Gasteiger partial charge in [-0.2, -0.15) is 0 Å². The maximum Gasteiger partial charge on any atom is 0.252 e. The number of carbonyl (C=O) groups is 1. The second-order valence-corrected chi connectivity index (χ2v) is 4.55. The maximum absolute atomic E-state index is 12.3. The Balaban J connectivity index is 1.77. The topological polar surface area (TPSA) is 63.2 Å². The van der Waals surface area contributed by atoms with E-state index in [-0.39, 0.29) is 11.9 Å². The van der Waals surface area contributed by atoms with Crippen LogP contribution in [0.15, 0.2) is 42.6 Å². The summed E-state index contributed by atoms with van der Waals surface area (Å²) in [6.07, 6.45) is 1.61. The number of anilines is 1. The summed E-state index contributed by atoms with van der Waals surface area (Å²) in [6, 6.07) is 11.1. The Morgan fingerprint density at radius 2 is 2.20 bits per heavy atom. The van der Waals surface area contributed by atoms with Gasteiger partial charge in [0.15, 0.2) is 0 Å². The molecule has 1 unspecified atom stereocenters. The van der Waals surface area contributed by atoms with Gasteiger partial charge in [0.2, 0.25) is 0 Å². The van der Waals surface area contributed by atoms with E-state index in [1.165, 1.54) is 0 Å². The number of amides is 1. The zero-order valence-electron chi connectivity index (χ0n) is 11.1. The van der Waals surface area contributed by atoms with Crippen LogP contribution >= 0.6 is 0 Å². The molecule has 1 aromatic heterocycles. The molecule has 0 fully saturated rings. The van der Waals surface area contributed by atoms with Gasteiger partial charge in [0, 0.05) is 24.4 Å². The van der Waals surface area contributed by atoms with Crippen molar-refractivity contribution >= 4 is 11.7 Å². The summed E-state index contributed by atoms with van der Waals surface area (Å²) < 4.78 is 5.55.